The third-order valence-corrected chi connectivity index (χ3v) is 5.45. The number of hydrogen-bond donors (Lipinski definition) is 3. The van der Waals surface area contributed by atoms with Crippen molar-refractivity contribution in [3.63, 3.8) is 0 Å². The Morgan fingerprint density at radius 3 is 2.55 bits per heavy atom. The van der Waals surface area contributed by atoms with Gasteiger partial charge in [0.05, 0.1) is 12.8 Å². The average molecular weight is 444 g/mol. The zero-order chi connectivity index (χ0) is 23.4. The zero-order valence-electron chi connectivity index (χ0n) is 18.5. The van der Waals surface area contributed by atoms with E-state index < -0.39 is 5.97 Å². The number of carboxylic acid groups (broad SMARTS) is 1. The van der Waals surface area contributed by atoms with Gasteiger partial charge in [0.25, 0.3) is 6.01 Å². The molecule has 7 heteroatoms. The van der Waals surface area contributed by atoms with E-state index in [4.69, 9.17) is 9.52 Å². The molecule has 0 radical (unpaired) electrons. The predicted octanol–water partition coefficient (Wildman–Crippen LogP) is 5.64. The molecule has 0 aliphatic rings. The third-order valence-electron chi connectivity index (χ3n) is 5.45. The van der Waals surface area contributed by atoms with E-state index in [1.54, 1.807) is 12.1 Å². The Labute approximate surface area is 191 Å². The summed E-state index contributed by atoms with van der Waals surface area (Å²) in [5.41, 5.74) is 5.71. The van der Waals surface area contributed by atoms with Crippen molar-refractivity contribution in [2.24, 2.45) is 0 Å². The predicted molar refractivity (Wildman–Crippen MR) is 128 cm³/mol. The van der Waals surface area contributed by atoms with Crippen molar-refractivity contribution in [1.29, 1.82) is 0 Å². The van der Waals surface area contributed by atoms with Gasteiger partial charge in [0.1, 0.15) is 5.52 Å². The first kappa shape index (κ1) is 22.1. The smallest absolute Gasteiger partial charge is 0.303 e. The van der Waals surface area contributed by atoms with E-state index in [0.717, 1.165) is 22.4 Å². The molecule has 1 amide bonds. The fourth-order valence-electron chi connectivity index (χ4n) is 3.63. The molecule has 33 heavy (non-hydrogen) atoms. The summed E-state index contributed by atoms with van der Waals surface area (Å²) in [5.74, 6) is -1.08. The molecule has 1 heterocycles. The lowest BCUT2D eigenvalue weighted by Crippen LogP contribution is -2.14. The summed E-state index contributed by atoms with van der Waals surface area (Å²) >= 11 is 0. The molecule has 0 bridgehead atoms. The maximum Gasteiger partial charge on any atom is 0.303 e. The largest absolute Gasteiger partial charge is 0.481 e. The van der Waals surface area contributed by atoms with Crippen LogP contribution in [0.3, 0.4) is 0 Å². The van der Waals surface area contributed by atoms with E-state index >= 15 is 0 Å². The molecule has 0 fully saturated rings. The fraction of sp³-hybridized carbons (Fsp3) is 0.192. The first-order valence-corrected chi connectivity index (χ1v) is 10.7. The molecule has 0 saturated carbocycles. The minimum atomic E-state index is -0.832. The summed E-state index contributed by atoms with van der Waals surface area (Å²) in [6.07, 6.45) is 0.256. The van der Waals surface area contributed by atoms with Crippen LogP contribution in [0.15, 0.2) is 71.1 Å². The topological polar surface area (TPSA) is 104 Å². The van der Waals surface area contributed by atoms with Crippen molar-refractivity contribution in [3.05, 3.63) is 83.4 Å². The second-order valence-electron chi connectivity index (χ2n) is 8.11. The van der Waals surface area contributed by atoms with Crippen LogP contribution in [0.1, 0.15) is 36.0 Å². The van der Waals surface area contributed by atoms with Gasteiger partial charge < -0.3 is 20.2 Å². The highest BCUT2D eigenvalue weighted by atomic mass is 16.4. The van der Waals surface area contributed by atoms with Crippen LogP contribution < -0.4 is 10.6 Å². The number of aromatic nitrogens is 1. The van der Waals surface area contributed by atoms with Crippen molar-refractivity contribution >= 4 is 40.4 Å². The molecular weight excluding hydrogens is 418 g/mol. The number of para-hydroxylation sites is 1. The van der Waals surface area contributed by atoms with E-state index in [-0.39, 0.29) is 24.7 Å². The van der Waals surface area contributed by atoms with Crippen LogP contribution >= 0.6 is 0 Å². The molecule has 0 aliphatic carbocycles. The summed E-state index contributed by atoms with van der Waals surface area (Å²) in [6, 6.07) is 21.0. The van der Waals surface area contributed by atoms with Gasteiger partial charge in [-0.05, 0) is 59.9 Å². The number of carbonyl (C=O) groups is 2. The first-order chi connectivity index (χ1) is 15.9. The number of anilines is 3. The molecule has 4 aromatic rings. The van der Waals surface area contributed by atoms with Crippen molar-refractivity contribution in [3.8, 4) is 0 Å². The lowest BCUT2D eigenvalue weighted by molar-refractivity contribution is -0.137. The number of oxazole rings is 1. The molecule has 1 aromatic heterocycles. The average Bonchev–Trinajstić information content (AvgIpc) is 3.17. The SMILES string of the molecule is Cc1ccccc1Nc1nc2ccc(CC(=O)Nc3ccc(C(C)CC(=O)O)cc3)cc2o1. The molecule has 3 N–H and O–H groups in total. The summed E-state index contributed by atoms with van der Waals surface area (Å²) in [4.78, 5) is 27.9. The van der Waals surface area contributed by atoms with Crippen LogP contribution in [0.4, 0.5) is 17.4 Å². The summed E-state index contributed by atoms with van der Waals surface area (Å²) < 4.78 is 5.83. The van der Waals surface area contributed by atoms with Gasteiger partial charge in [0.15, 0.2) is 5.58 Å². The number of carbonyl (C=O) groups excluding carboxylic acids is 1. The van der Waals surface area contributed by atoms with Gasteiger partial charge in [-0.1, -0.05) is 43.3 Å². The zero-order valence-corrected chi connectivity index (χ0v) is 18.5. The number of rotatable bonds is 8. The molecule has 168 valence electrons. The Morgan fingerprint density at radius 1 is 1.06 bits per heavy atom. The molecular formula is C26H25N3O4. The first-order valence-electron chi connectivity index (χ1n) is 10.7. The highest BCUT2D eigenvalue weighted by molar-refractivity contribution is 5.92. The van der Waals surface area contributed by atoms with E-state index in [9.17, 15) is 9.59 Å². The molecule has 4 rings (SSSR count). The Hall–Kier alpha value is -4.13. The molecule has 3 aromatic carbocycles. The van der Waals surface area contributed by atoms with Gasteiger partial charge in [-0.2, -0.15) is 4.98 Å². The number of amides is 1. The quantitative estimate of drug-likeness (QED) is 0.326. The van der Waals surface area contributed by atoms with Crippen LogP contribution in [-0.4, -0.2) is 22.0 Å². The third kappa shape index (κ3) is 5.57. The van der Waals surface area contributed by atoms with Gasteiger partial charge in [0.2, 0.25) is 5.91 Å². The van der Waals surface area contributed by atoms with Gasteiger partial charge in [-0.3, -0.25) is 9.59 Å². The number of aliphatic carboxylic acids is 1. The molecule has 7 nitrogen and oxygen atoms in total. The number of carboxylic acids is 1. The van der Waals surface area contributed by atoms with Crippen molar-refractivity contribution in [2.45, 2.75) is 32.6 Å². The Morgan fingerprint density at radius 2 is 1.82 bits per heavy atom. The van der Waals surface area contributed by atoms with Crippen LogP contribution in [0.2, 0.25) is 0 Å². The number of benzene rings is 3. The van der Waals surface area contributed by atoms with Gasteiger partial charge in [-0.25, -0.2) is 0 Å². The van der Waals surface area contributed by atoms with Crippen LogP contribution in [-0.2, 0) is 16.0 Å². The normalized spacial score (nSPS) is 11.8. The maximum absolute atomic E-state index is 12.5. The number of hydrogen-bond acceptors (Lipinski definition) is 5. The second-order valence-corrected chi connectivity index (χ2v) is 8.11. The maximum atomic E-state index is 12.5. The molecule has 1 atom stereocenters. The number of nitrogens with one attached hydrogen (secondary N) is 2. The van der Waals surface area contributed by atoms with Crippen LogP contribution in [0, 0.1) is 6.92 Å². The molecule has 0 saturated heterocycles. The Balaban J connectivity index is 1.39. The van der Waals surface area contributed by atoms with Crippen molar-refractivity contribution in [1.82, 2.24) is 4.98 Å². The lowest BCUT2D eigenvalue weighted by atomic mass is 9.98. The van der Waals surface area contributed by atoms with Gasteiger partial charge >= 0.3 is 5.97 Å². The minimum absolute atomic E-state index is 0.0675. The monoisotopic (exact) mass is 443 g/mol. The second kappa shape index (κ2) is 9.56. The lowest BCUT2D eigenvalue weighted by Gasteiger charge is -2.11. The van der Waals surface area contributed by atoms with E-state index in [1.165, 1.54) is 0 Å². The summed E-state index contributed by atoms with van der Waals surface area (Å²) in [7, 11) is 0. The van der Waals surface area contributed by atoms with Gasteiger partial charge in [0, 0.05) is 11.4 Å². The van der Waals surface area contributed by atoms with Gasteiger partial charge in [-0.15, -0.1) is 0 Å². The number of aryl methyl sites for hydroxylation is 1. The molecule has 0 aliphatic heterocycles. The van der Waals surface area contributed by atoms with Crippen LogP contribution in [0.25, 0.3) is 11.1 Å². The fourth-order valence-corrected chi connectivity index (χ4v) is 3.63. The number of nitrogens with zero attached hydrogens (tertiary/aromatic N) is 1. The summed E-state index contributed by atoms with van der Waals surface area (Å²) in [6.45, 7) is 3.87. The Kier molecular flexibility index (Phi) is 6.40. The molecule has 1 unspecified atom stereocenters. The van der Waals surface area contributed by atoms with Crippen molar-refractivity contribution in [2.75, 3.05) is 10.6 Å². The summed E-state index contributed by atoms with van der Waals surface area (Å²) in [5, 5.41) is 15.0. The minimum Gasteiger partial charge on any atom is -0.481 e. The molecule has 0 spiro atoms. The number of fused-ring (bicyclic) bond motifs is 1. The standard InChI is InChI=1S/C26H25N3O4/c1-16-5-3-4-6-21(16)28-26-29-22-12-7-18(14-23(22)33-26)15-24(30)27-20-10-8-19(9-11-20)17(2)13-25(31)32/h3-12,14,17H,13,15H2,1-2H3,(H,27,30)(H,28,29)(H,31,32). The Bertz CT molecular complexity index is 1290. The van der Waals surface area contributed by atoms with Crippen molar-refractivity contribution < 1.29 is 19.1 Å². The highest BCUT2D eigenvalue weighted by Gasteiger charge is 2.12. The van der Waals surface area contributed by atoms with E-state index in [2.05, 4.69) is 15.6 Å². The van der Waals surface area contributed by atoms with E-state index in [1.807, 2.05) is 68.4 Å². The van der Waals surface area contributed by atoms with E-state index in [0.29, 0.717) is 22.8 Å². The highest BCUT2D eigenvalue weighted by Crippen LogP contribution is 2.25. The van der Waals surface area contributed by atoms with Crippen LogP contribution in [0.5, 0.6) is 0 Å².